The predicted molar refractivity (Wildman–Crippen MR) is 65.0 cm³/mol. The number of aromatic nitrogens is 1. The number of carbonyl (C=O) groups is 1. The number of hydrogen-bond donors (Lipinski definition) is 2. The van der Waals surface area contributed by atoms with E-state index in [0.717, 1.165) is 4.47 Å². The predicted octanol–water partition coefficient (Wildman–Crippen LogP) is 1.15. The van der Waals surface area contributed by atoms with Gasteiger partial charge in [-0.1, -0.05) is 0 Å². The van der Waals surface area contributed by atoms with Gasteiger partial charge in [-0.05, 0) is 22.0 Å². The van der Waals surface area contributed by atoms with Gasteiger partial charge in [-0.25, -0.2) is 0 Å². The molecule has 0 radical (unpaired) electrons. The Labute approximate surface area is 103 Å². The molecule has 0 spiro atoms. The first-order chi connectivity index (χ1) is 7.67. The van der Waals surface area contributed by atoms with E-state index in [9.17, 15) is 4.79 Å². The van der Waals surface area contributed by atoms with Gasteiger partial charge < -0.3 is 15.8 Å². The number of methoxy groups -OCH3 is 1. The molecule has 0 fully saturated rings. The topological polar surface area (TPSA) is 77.2 Å². The molecule has 0 aromatic carbocycles. The lowest BCUT2D eigenvalue weighted by Crippen LogP contribution is -2.28. The minimum absolute atomic E-state index is 0.135. The monoisotopic (exact) mass is 287 g/mol. The summed E-state index contributed by atoms with van der Waals surface area (Å²) < 4.78 is 5.77. The summed E-state index contributed by atoms with van der Waals surface area (Å²) >= 11 is 3.29. The zero-order chi connectivity index (χ0) is 12.0. The van der Waals surface area contributed by atoms with Gasteiger partial charge in [0.05, 0.1) is 22.7 Å². The van der Waals surface area contributed by atoms with Crippen molar-refractivity contribution in [1.82, 2.24) is 4.98 Å². The number of nitrogens with one attached hydrogen (secondary N) is 1. The third-order valence-electron chi connectivity index (χ3n) is 2.06. The Kier molecular flexibility index (Phi) is 5.37. The second-order valence-corrected chi connectivity index (χ2v) is 4.06. The summed E-state index contributed by atoms with van der Waals surface area (Å²) in [6.45, 7) is 0.321. The van der Waals surface area contributed by atoms with E-state index in [1.165, 1.54) is 7.11 Å². The number of rotatable bonds is 5. The quantitative estimate of drug-likeness (QED) is 0.852. The van der Waals surface area contributed by atoms with Gasteiger partial charge in [0, 0.05) is 26.0 Å². The molecule has 0 saturated heterocycles. The van der Waals surface area contributed by atoms with E-state index in [1.54, 1.807) is 18.5 Å². The maximum atomic E-state index is 11.6. The van der Waals surface area contributed by atoms with Crippen LogP contribution in [0.3, 0.4) is 0 Å². The Morgan fingerprint density at radius 3 is 3.06 bits per heavy atom. The summed E-state index contributed by atoms with van der Waals surface area (Å²) in [6.07, 6.45) is 3.21. The molecule has 1 aromatic rings. The molecule has 0 aliphatic carbocycles. The van der Waals surface area contributed by atoms with Crippen molar-refractivity contribution in [3.05, 3.63) is 22.9 Å². The molecule has 0 aliphatic heterocycles. The van der Waals surface area contributed by atoms with E-state index >= 15 is 0 Å². The van der Waals surface area contributed by atoms with E-state index in [1.807, 2.05) is 0 Å². The van der Waals surface area contributed by atoms with Crippen LogP contribution in [0, 0.1) is 0 Å². The van der Waals surface area contributed by atoms with Crippen LogP contribution in [0.1, 0.15) is 6.42 Å². The number of hydrogen-bond acceptors (Lipinski definition) is 4. The number of nitrogens with zero attached hydrogens (tertiary/aromatic N) is 1. The Bertz CT molecular complexity index is 356. The standard InChI is InChI=1S/C10H14BrN3O2/c1-16-7(5-12)4-10(15)14-9-2-3-13-6-8(9)11/h2-3,6-7H,4-5,12H2,1H3,(H,13,14,15). The Balaban J connectivity index is 2.55. The van der Waals surface area contributed by atoms with Crippen LogP contribution in [-0.4, -0.2) is 30.6 Å². The first-order valence-corrected chi connectivity index (χ1v) is 5.59. The zero-order valence-corrected chi connectivity index (χ0v) is 10.5. The van der Waals surface area contributed by atoms with Crippen LogP contribution in [0.15, 0.2) is 22.9 Å². The van der Waals surface area contributed by atoms with Crippen molar-refractivity contribution in [2.24, 2.45) is 5.73 Å². The fourth-order valence-electron chi connectivity index (χ4n) is 1.15. The molecule has 0 saturated carbocycles. The molecule has 3 N–H and O–H groups in total. The summed E-state index contributed by atoms with van der Waals surface area (Å²) in [5.74, 6) is -0.135. The number of carbonyl (C=O) groups excluding carboxylic acids is 1. The molecular formula is C10H14BrN3O2. The first-order valence-electron chi connectivity index (χ1n) is 4.79. The Morgan fingerprint density at radius 1 is 1.75 bits per heavy atom. The van der Waals surface area contributed by atoms with Gasteiger partial charge in [0.1, 0.15) is 0 Å². The average molecular weight is 288 g/mol. The second kappa shape index (κ2) is 6.57. The molecule has 5 nitrogen and oxygen atoms in total. The summed E-state index contributed by atoms with van der Waals surface area (Å²) in [5.41, 5.74) is 6.12. The molecule has 1 amide bonds. The summed E-state index contributed by atoms with van der Waals surface area (Å²) in [5, 5.41) is 2.75. The van der Waals surface area contributed by atoms with Crippen LogP contribution >= 0.6 is 15.9 Å². The SMILES string of the molecule is COC(CN)CC(=O)Nc1ccncc1Br. The molecule has 1 unspecified atom stereocenters. The molecule has 1 rings (SSSR count). The molecule has 1 atom stereocenters. The highest BCUT2D eigenvalue weighted by Gasteiger charge is 2.12. The van der Waals surface area contributed by atoms with E-state index in [0.29, 0.717) is 12.2 Å². The van der Waals surface area contributed by atoms with Crippen LogP contribution in [0.4, 0.5) is 5.69 Å². The van der Waals surface area contributed by atoms with Crippen molar-refractivity contribution in [2.75, 3.05) is 19.0 Å². The van der Waals surface area contributed by atoms with Gasteiger partial charge in [0.2, 0.25) is 5.91 Å². The normalized spacial score (nSPS) is 12.2. The number of anilines is 1. The molecule has 16 heavy (non-hydrogen) atoms. The summed E-state index contributed by atoms with van der Waals surface area (Å²) in [7, 11) is 1.53. The van der Waals surface area contributed by atoms with Crippen molar-refractivity contribution >= 4 is 27.5 Å². The van der Waals surface area contributed by atoms with Crippen molar-refractivity contribution in [2.45, 2.75) is 12.5 Å². The van der Waals surface area contributed by atoms with E-state index in [2.05, 4.69) is 26.2 Å². The fraction of sp³-hybridized carbons (Fsp3) is 0.400. The number of amides is 1. The molecule has 6 heteroatoms. The smallest absolute Gasteiger partial charge is 0.227 e. The average Bonchev–Trinajstić information content (AvgIpc) is 2.29. The van der Waals surface area contributed by atoms with E-state index in [4.69, 9.17) is 10.5 Å². The van der Waals surface area contributed by atoms with Gasteiger partial charge >= 0.3 is 0 Å². The third kappa shape index (κ3) is 3.88. The van der Waals surface area contributed by atoms with E-state index < -0.39 is 0 Å². The van der Waals surface area contributed by atoms with Crippen LogP contribution in [0.5, 0.6) is 0 Å². The number of halogens is 1. The lowest BCUT2D eigenvalue weighted by molar-refractivity contribution is -0.118. The van der Waals surface area contributed by atoms with Gasteiger partial charge in [0.25, 0.3) is 0 Å². The van der Waals surface area contributed by atoms with Gasteiger partial charge in [0.15, 0.2) is 0 Å². The van der Waals surface area contributed by atoms with Crippen molar-refractivity contribution in [1.29, 1.82) is 0 Å². The third-order valence-corrected chi connectivity index (χ3v) is 2.69. The molecule has 0 aliphatic rings. The van der Waals surface area contributed by atoms with E-state index in [-0.39, 0.29) is 18.4 Å². The lowest BCUT2D eigenvalue weighted by atomic mass is 10.2. The van der Waals surface area contributed by atoms with Crippen LogP contribution < -0.4 is 11.1 Å². The lowest BCUT2D eigenvalue weighted by Gasteiger charge is -2.13. The Hall–Kier alpha value is -0.980. The minimum atomic E-state index is -0.249. The highest BCUT2D eigenvalue weighted by Crippen LogP contribution is 2.20. The van der Waals surface area contributed by atoms with Gasteiger partial charge in [-0.15, -0.1) is 0 Å². The second-order valence-electron chi connectivity index (χ2n) is 3.20. The summed E-state index contributed by atoms with van der Waals surface area (Å²) in [4.78, 5) is 15.5. The maximum absolute atomic E-state index is 11.6. The minimum Gasteiger partial charge on any atom is -0.380 e. The first kappa shape index (κ1) is 13.1. The maximum Gasteiger partial charge on any atom is 0.227 e. The van der Waals surface area contributed by atoms with Crippen LogP contribution in [-0.2, 0) is 9.53 Å². The Morgan fingerprint density at radius 2 is 2.50 bits per heavy atom. The van der Waals surface area contributed by atoms with Crippen LogP contribution in [0.2, 0.25) is 0 Å². The number of ether oxygens (including phenoxy) is 1. The number of nitrogens with two attached hydrogens (primary N) is 1. The molecule has 1 aromatic heterocycles. The van der Waals surface area contributed by atoms with Gasteiger partial charge in [-0.2, -0.15) is 0 Å². The van der Waals surface area contributed by atoms with Crippen molar-refractivity contribution < 1.29 is 9.53 Å². The van der Waals surface area contributed by atoms with Gasteiger partial charge in [-0.3, -0.25) is 9.78 Å². The molecular weight excluding hydrogens is 274 g/mol. The highest BCUT2D eigenvalue weighted by atomic mass is 79.9. The fourth-order valence-corrected chi connectivity index (χ4v) is 1.50. The van der Waals surface area contributed by atoms with Crippen molar-refractivity contribution in [3.8, 4) is 0 Å². The molecule has 0 bridgehead atoms. The number of pyridine rings is 1. The summed E-state index contributed by atoms with van der Waals surface area (Å²) in [6, 6.07) is 1.71. The zero-order valence-electron chi connectivity index (χ0n) is 8.94. The molecule has 1 heterocycles. The highest BCUT2D eigenvalue weighted by molar-refractivity contribution is 9.10. The largest absolute Gasteiger partial charge is 0.380 e. The molecule has 88 valence electrons. The van der Waals surface area contributed by atoms with Crippen LogP contribution in [0.25, 0.3) is 0 Å². The van der Waals surface area contributed by atoms with Crippen molar-refractivity contribution in [3.63, 3.8) is 0 Å².